The highest BCUT2D eigenvalue weighted by atomic mass is 32.2. The summed E-state index contributed by atoms with van der Waals surface area (Å²) in [6.07, 6.45) is 0.950. The van der Waals surface area contributed by atoms with Crippen molar-refractivity contribution in [2.75, 3.05) is 13.1 Å². The number of sulfonamides is 1. The lowest BCUT2D eigenvalue weighted by atomic mass is 10.2. The highest BCUT2D eigenvalue weighted by Crippen LogP contribution is 2.29. The normalized spacial score (nSPS) is 29.8. The molecule has 0 spiro atoms. The Balaban J connectivity index is 1.95. The maximum Gasteiger partial charge on any atom is 0.243 e. The van der Waals surface area contributed by atoms with Gasteiger partial charge in [-0.3, -0.25) is 0 Å². The van der Waals surface area contributed by atoms with Crippen LogP contribution < -0.4 is 5.32 Å². The quantitative estimate of drug-likeness (QED) is 0.812. The molecule has 0 amide bonds. The van der Waals surface area contributed by atoms with E-state index in [-0.39, 0.29) is 6.04 Å². The molecule has 86 valence electrons. The molecular formula is C11H14N2O2S. The summed E-state index contributed by atoms with van der Waals surface area (Å²) in [4.78, 5) is 0.405. The Morgan fingerprint density at radius 2 is 2.00 bits per heavy atom. The van der Waals surface area contributed by atoms with E-state index in [4.69, 9.17) is 0 Å². The van der Waals surface area contributed by atoms with Gasteiger partial charge in [-0.2, -0.15) is 4.31 Å². The standard InChI is InChI=1S/C11H14N2O2S/c14-16(15,11-4-2-1-3-5-11)13-8-9-6-10(13)7-12-9/h1-5,9-10,12H,6-8H2. The van der Waals surface area contributed by atoms with Crippen molar-refractivity contribution < 1.29 is 8.42 Å². The summed E-state index contributed by atoms with van der Waals surface area (Å²) in [6.45, 7) is 1.40. The van der Waals surface area contributed by atoms with Gasteiger partial charge in [-0.05, 0) is 18.6 Å². The molecule has 2 unspecified atom stereocenters. The van der Waals surface area contributed by atoms with Crippen molar-refractivity contribution in [3.63, 3.8) is 0 Å². The predicted octanol–water partition coefficient (Wildman–Crippen LogP) is 0.421. The van der Waals surface area contributed by atoms with Crippen LogP contribution in [0.2, 0.25) is 0 Å². The summed E-state index contributed by atoms with van der Waals surface area (Å²) < 4.78 is 26.3. The van der Waals surface area contributed by atoms with Crippen molar-refractivity contribution >= 4 is 10.0 Å². The minimum Gasteiger partial charge on any atom is -0.311 e. The smallest absolute Gasteiger partial charge is 0.243 e. The van der Waals surface area contributed by atoms with Crippen LogP contribution in [0.15, 0.2) is 35.2 Å². The van der Waals surface area contributed by atoms with Crippen LogP contribution in [0.3, 0.4) is 0 Å². The van der Waals surface area contributed by atoms with Crippen LogP contribution in [0, 0.1) is 0 Å². The SMILES string of the molecule is O=S(=O)(c1ccccc1)N1CC2CC1CN2. The summed E-state index contributed by atoms with van der Waals surface area (Å²) >= 11 is 0. The maximum atomic E-state index is 12.3. The van der Waals surface area contributed by atoms with Gasteiger partial charge in [-0.25, -0.2) is 8.42 Å². The van der Waals surface area contributed by atoms with Gasteiger partial charge in [-0.1, -0.05) is 18.2 Å². The lowest BCUT2D eigenvalue weighted by Crippen LogP contribution is -2.46. The largest absolute Gasteiger partial charge is 0.311 e. The second kappa shape index (κ2) is 3.55. The monoisotopic (exact) mass is 238 g/mol. The van der Waals surface area contributed by atoms with E-state index in [0.717, 1.165) is 13.0 Å². The molecule has 2 atom stereocenters. The molecule has 1 N–H and O–H groups in total. The van der Waals surface area contributed by atoms with Crippen LogP contribution in [-0.4, -0.2) is 37.9 Å². The molecule has 2 aliphatic rings. The number of hydrogen-bond acceptors (Lipinski definition) is 3. The van der Waals surface area contributed by atoms with Gasteiger partial charge < -0.3 is 5.32 Å². The van der Waals surface area contributed by atoms with Crippen LogP contribution in [0.5, 0.6) is 0 Å². The van der Waals surface area contributed by atoms with E-state index in [9.17, 15) is 8.42 Å². The molecule has 5 heteroatoms. The summed E-state index contributed by atoms with van der Waals surface area (Å²) in [5.74, 6) is 0. The minimum atomic E-state index is -3.28. The summed E-state index contributed by atoms with van der Waals surface area (Å²) in [6, 6.07) is 9.18. The molecule has 2 fully saturated rings. The van der Waals surface area contributed by atoms with Crippen molar-refractivity contribution in [1.82, 2.24) is 9.62 Å². The van der Waals surface area contributed by atoms with Gasteiger partial charge >= 0.3 is 0 Å². The molecule has 0 aliphatic carbocycles. The van der Waals surface area contributed by atoms with Gasteiger partial charge in [0, 0.05) is 25.2 Å². The number of benzene rings is 1. The van der Waals surface area contributed by atoms with Crippen LogP contribution >= 0.6 is 0 Å². The topological polar surface area (TPSA) is 49.4 Å². The molecule has 0 saturated carbocycles. The van der Waals surface area contributed by atoms with E-state index >= 15 is 0 Å². The van der Waals surface area contributed by atoms with Gasteiger partial charge in [0.1, 0.15) is 0 Å². The average molecular weight is 238 g/mol. The van der Waals surface area contributed by atoms with E-state index in [1.54, 1.807) is 28.6 Å². The fourth-order valence-electron chi connectivity index (χ4n) is 2.54. The lowest BCUT2D eigenvalue weighted by Gasteiger charge is -2.26. The Labute approximate surface area is 95.3 Å². The number of piperazine rings is 1. The molecule has 2 bridgehead atoms. The predicted molar refractivity (Wildman–Crippen MR) is 60.5 cm³/mol. The number of rotatable bonds is 2. The molecule has 16 heavy (non-hydrogen) atoms. The van der Waals surface area contributed by atoms with E-state index in [1.165, 1.54) is 0 Å². The van der Waals surface area contributed by atoms with Crippen LogP contribution in [0.1, 0.15) is 6.42 Å². The Hall–Kier alpha value is -0.910. The van der Waals surface area contributed by atoms with Crippen molar-refractivity contribution in [2.24, 2.45) is 0 Å². The molecule has 1 aromatic carbocycles. The van der Waals surface area contributed by atoms with E-state index < -0.39 is 10.0 Å². The Morgan fingerprint density at radius 1 is 1.25 bits per heavy atom. The first-order valence-corrected chi connectivity index (χ1v) is 6.92. The van der Waals surface area contributed by atoms with E-state index in [0.29, 0.717) is 17.5 Å². The molecule has 4 nitrogen and oxygen atoms in total. The van der Waals surface area contributed by atoms with Gasteiger partial charge in [0.15, 0.2) is 0 Å². The zero-order valence-electron chi connectivity index (χ0n) is 8.83. The summed E-state index contributed by atoms with van der Waals surface area (Å²) in [5, 5.41) is 3.30. The third-order valence-electron chi connectivity index (χ3n) is 3.36. The molecule has 2 saturated heterocycles. The molecule has 1 aromatic rings. The van der Waals surface area contributed by atoms with E-state index in [2.05, 4.69) is 5.32 Å². The van der Waals surface area contributed by atoms with Crippen molar-refractivity contribution in [3.8, 4) is 0 Å². The third-order valence-corrected chi connectivity index (χ3v) is 5.29. The Kier molecular flexibility index (Phi) is 2.27. The van der Waals surface area contributed by atoms with Gasteiger partial charge in [0.05, 0.1) is 4.90 Å². The second-order valence-corrected chi connectivity index (χ2v) is 6.27. The number of fused-ring (bicyclic) bond motifs is 2. The van der Waals surface area contributed by atoms with Gasteiger partial charge in [-0.15, -0.1) is 0 Å². The minimum absolute atomic E-state index is 0.148. The average Bonchev–Trinajstić information content (AvgIpc) is 2.92. The first-order chi connectivity index (χ1) is 7.68. The fourth-order valence-corrected chi connectivity index (χ4v) is 4.25. The van der Waals surface area contributed by atoms with Gasteiger partial charge in [0.25, 0.3) is 0 Å². The molecule has 0 aromatic heterocycles. The van der Waals surface area contributed by atoms with Gasteiger partial charge in [0.2, 0.25) is 10.0 Å². The van der Waals surface area contributed by atoms with Crippen LogP contribution in [-0.2, 0) is 10.0 Å². The molecule has 2 heterocycles. The highest BCUT2D eigenvalue weighted by molar-refractivity contribution is 7.89. The zero-order chi connectivity index (χ0) is 11.2. The number of nitrogens with one attached hydrogen (secondary N) is 1. The second-order valence-electron chi connectivity index (χ2n) is 4.38. The van der Waals surface area contributed by atoms with Crippen molar-refractivity contribution in [3.05, 3.63) is 30.3 Å². The van der Waals surface area contributed by atoms with Crippen LogP contribution in [0.4, 0.5) is 0 Å². The first-order valence-electron chi connectivity index (χ1n) is 5.48. The lowest BCUT2D eigenvalue weighted by molar-refractivity contribution is 0.349. The van der Waals surface area contributed by atoms with Crippen molar-refractivity contribution in [1.29, 1.82) is 0 Å². The number of hydrogen-bond donors (Lipinski definition) is 1. The van der Waals surface area contributed by atoms with Crippen LogP contribution in [0.25, 0.3) is 0 Å². The summed E-state index contributed by atoms with van der Waals surface area (Å²) in [5.41, 5.74) is 0. The molecular weight excluding hydrogens is 224 g/mol. The Morgan fingerprint density at radius 3 is 2.56 bits per heavy atom. The molecule has 2 aliphatic heterocycles. The Bertz CT molecular complexity index is 486. The highest BCUT2D eigenvalue weighted by Gasteiger charge is 2.44. The molecule has 0 radical (unpaired) electrons. The van der Waals surface area contributed by atoms with E-state index in [1.807, 2.05) is 6.07 Å². The maximum absolute atomic E-state index is 12.3. The molecule has 3 rings (SSSR count). The third kappa shape index (κ3) is 1.47. The zero-order valence-corrected chi connectivity index (χ0v) is 9.65. The summed E-state index contributed by atoms with van der Waals surface area (Å²) in [7, 11) is -3.28. The number of nitrogens with zero attached hydrogens (tertiary/aromatic N) is 1. The fraction of sp³-hybridized carbons (Fsp3) is 0.455. The van der Waals surface area contributed by atoms with Crippen molar-refractivity contribution in [2.45, 2.75) is 23.4 Å². The first kappa shape index (κ1) is 10.3.